The summed E-state index contributed by atoms with van der Waals surface area (Å²) in [6.45, 7) is 1.96. The quantitative estimate of drug-likeness (QED) is 0.632. The van der Waals surface area contributed by atoms with Crippen LogP contribution in [-0.2, 0) is 0 Å². The normalized spacial score (nSPS) is 15.0. The number of pyridine rings is 1. The number of nitrogens with zero attached hydrogens (tertiary/aromatic N) is 5. The van der Waals surface area contributed by atoms with Gasteiger partial charge in [0.2, 0.25) is 0 Å². The first-order valence-electron chi connectivity index (χ1n) is 6.54. The minimum absolute atomic E-state index is 0.474. The SMILES string of the molecule is CSc1nccc(N(C)C2CN(c3ccccn3)C2)n1. The van der Waals surface area contributed by atoms with Gasteiger partial charge in [0.25, 0.3) is 0 Å². The fraction of sp³-hybridized carbons (Fsp3) is 0.357. The van der Waals surface area contributed by atoms with Crippen LogP contribution in [0.2, 0.25) is 0 Å². The Balaban J connectivity index is 1.64. The largest absolute Gasteiger partial charge is 0.353 e. The second-order valence-electron chi connectivity index (χ2n) is 4.76. The molecule has 104 valence electrons. The smallest absolute Gasteiger partial charge is 0.189 e. The van der Waals surface area contributed by atoms with Crippen molar-refractivity contribution in [3.05, 3.63) is 36.7 Å². The number of hydrogen-bond donors (Lipinski definition) is 0. The van der Waals surface area contributed by atoms with Crippen LogP contribution in [0.4, 0.5) is 11.6 Å². The molecule has 0 aliphatic carbocycles. The highest BCUT2D eigenvalue weighted by Crippen LogP contribution is 2.24. The van der Waals surface area contributed by atoms with Gasteiger partial charge in [-0.25, -0.2) is 15.0 Å². The lowest BCUT2D eigenvalue weighted by atomic mass is 10.1. The molecule has 1 saturated heterocycles. The van der Waals surface area contributed by atoms with Gasteiger partial charge in [0.15, 0.2) is 5.16 Å². The molecule has 0 atom stereocenters. The van der Waals surface area contributed by atoms with E-state index in [-0.39, 0.29) is 0 Å². The molecule has 3 rings (SSSR count). The molecule has 0 amide bonds. The summed E-state index contributed by atoms with van der Waals surface area (Å²) < 4.78 is 0. The molecule has 3 heterocycles. The standard InChI is InChI=1S/C14H17N5S/c1-18(13-6-8-16-14(17-13)20-2)11-9-19(10-11)12-5-3-4-7-15-12/h3-8,11H,9-10H2,1-2H3. The van der Waals surface area contributed by atoms with Gasteiger partial charge < -0.3 is 9.80 Å². The molecule has 2 aromatic rings. The third-order valence-electron chi connectivity index (χ3n) is 3.55. The molecule has 1 fully saturated rings. The first kappa shape index (κ1) is 13.2. The Kier molecular flexibility index (Phi) is 3.73. The Morgan fingerprint density at radius 1 is 1.20 bits per heavy atom. The highest BCUT2D eigenvalue weighted by Gasteiger charge is 2.31. The van der Waals surface area contributed by atoms with E-state index in [2.05, 4.69) is 31.8 Å². The van der Waals surface area contributed by atoms with E-state index in [1.54, 1.807) is 11.8 Å². The number of rotatable bonds is 4. The minimum atomic E-state index is 0.474. The molecule has 2 aromatic heterocycles. The van der Waals surface area contributed by atoms with Crippen molar-refractivity contribution < 1.29 is 0 Å². The molecular weight excluding hydrogens is 270 g/mol. The van der Waals surface area contributed by atoms with Crippen LogP contribution in [0.15, 0.2) is 41.8 Å². The fourth-order valence-corrected chi connectivity index (χ4v) is 2.59. The Morgan fingerprint density at radius 2 is 2.05 bits per heavy atom. The summed E-state index contributed by atoms with van der Waals surface area (Å²) in [5, 5.41) is 0.815. The molecule has 20 heavy (non-hydrogen) atoms. The van der Waals surface area contributed by atoms with Crippen LogP contribution in [0.25, 0.3) is 0 Å². The van der Waals surface area contributed by atoms with E-state index in [0.717, 1.165) is 29.9 Å². The van der Waals surface area contributed by atoms with Gasteiger partial charge >= 0.3 is 0 Å². The lowest BCUT2D eigenvalue weighted by Gasteiger charge is -2.45. The van der Waals surface area contributed by atoms with Crippen LogP contribution < -0.4 is 9.80 Å². The van der Waals surface area contributed by atoms with Crippen LogP contribution in [0.5, 0.6) is 0 Å². The van der Waals surface area contributed by atoms with Gasteiger partial charge in [-0.3, -0.25) is 0 Å². The molecular formula is C14H17N5S. The van der Waals surface area contributed by atoms with Gasteiger partial charge in [-0.2, -0.15) is 0 Å². The third kappa shape index (κ3) is 2.56. The van der Waals surface area contributed by atoms with E-state index in [9.17, 15) is 0 Å². The minimum Gasteiger partial charge on any atom is -0.353 e. The van der Waals surface area contributed by atoms with Crippen molar-refractivity contribution in [2.75, 3.05) is 36.2 Å². The van der Waals surface area contributed by atoms with Gasteiger partial charge in [0.1, 0.15) is 11.6 Å². The van der Waals surface area contributed by atoms with Crippen molar-refractivity contribution in [1.82, 2.24) is 15.0 Å². The Morgan fingerprint density at radius 3 is 2.75 bits per heavy atom. The zero-order valence-electron chi connectivity index (χ0n) is 11.6. The first-order chi connectivity index (χ1) is 9.78. The van der Waals surface area contributed by atoms with E-state index in [1.165, 1.54) is 0 Å². The predicted molar refractivity (Wildman–Crippen MR) is 82.5 cm³/mol. The monoisotopic (exact) mass is 287 g/mol. The molecule has 0 saturated carbocycles. The summed E-state index contributed by atoms with van der Waals surface area (Å²) in [7, 11) is 2.09. The van der Waals surface area contributed by atoms with E-state index >= 15 is 0 Å². The highest BCUT2D eigenvalue weighted by atomic mass is 32.2. The van der Waals surface area contributed by atoms with Crippen LogP contribution >= 0.6 is 11.8 Å². The maximum atomic E-state index is 4.54. The van der Waals surface area contributed by atoms with Gasteiger partial charge in [-0.1, -0.05) is 17.8 Å². The predicted octanol–water partition coefficient (Wildman–Crippen LogP) is 1.92. The summed E-state index contributed by atoms with van der Waals surface area (Å²) >= 11 is 1.57. The van der Waals surface area contributed by atoms with Crippen LogP contribution in [-0.4, -0.2) is 47.4 Å². The fourth-order valence-electron chi connectivity index (χ4n) is 2.24. The second-order valence-corrected chi connectivity index (χ2v) is 5.53. The summed E-state index contributed by atoms with van der Waals surface area (Å²) in [5.41, 5.74) is 0. The number of anilines is 2. The van der Waals surface area contributed by atoms with Crippen molar-refractivity contribution in [2.24, 2.45) is 0 Å². The number of aromatic nitrogens is 3. The van der Waals surface area contributed by atoms with Crippen LogP contribution in [0, 0.1) is 0 Å². The topological polar surface area (TPSA) is 45.2 Å². The summed E-state index contributed by atoms with van der Waals surface area (Å²) in [5.74, 6) is 2.03. The maximum Gasteiger partial charge on any atom is 0.189 e. The van der Waals surface area contributed by atoms with Gasteiger partial charge in [0, 0.05) is 32.5 Å². The molecule has 5 nitrogen and oxygen atoms in total. The van der Waals surface area contributed by atoms with Crippen molar-refractivity contribution in [2.45, 2.75) is 11.2 Å². The van der Waals surface area contributed by atoms with Gasteiger partial charge in [0.05, 0.1) is 6.04 Å². The van der Waals surface area contributed by atoms with E-state index < -0.39 is 0 Å². The molecule has 0 aromatic carbocycles. The zero-order chi connectivity index (χ0) is 13.9. The van der Waals surface area contributed by atoms with E-state index in [0.29, 0.717) is 6.04 Å². The van der Waals surface area contributed by atoms with E-state index in [1.807, 2.05) is 42.9 Å². The Hall–Kier alpha value is -1.82. The summed E-state index contributed by atoms with van der Waals surface area (Å²) in [6, 6.07) is 8.45. The number of hydrogen-bond acceptors (Lipinski definition) is 6. The van der Waals surface area contributed by atoms with Crippen LogP contribution in [0.1, 0.15) is 0 Å². The number of likely N-dealkylation sites (N-methyl/N-ethyl adjacent to an activating group) is 1. The molecule has 1 aliphatic rings. The van der Waals surface area contributed by atoms with Crippen molar-refractivity contribution in [3.63, 3.8) is 0 Å². The molecule has 0 unspecified atom stereocenters. The molecule has 0 radical (unpaired) electrons. The summed E-state index contributed by atoms with van der Waals surface area (Å²) in [4.78, 5) is 17.6. The lowest BCUT2D eigenvalue weighted by molar-refractivity contribution is 0.488. The van der Waals surface area contributed by atoms with Crippen LogP contribution in [0.3, 0.4) is 0 Å². The van der Waals surface area contributed by atoms with Crippen molar-refractivity contribution in [1.29, 1.82) is 0 Å². The highest BCUT2D eigenvalue weighted by molar-refractivity contribution is 7.98. The first-order valence-corrected chi connectivity index (χ1v) is 7.76. The van der Waals surface area contributed by atoms with Crippen molar-refractivity contribution >= 4 is 23.4 Å². The molecule has 0 bridgehead atoms. The Bertz CT molecular complexity index is 571. The molecule has 6 heteroatoms. The average Bonchev–Trinajstić information content (AvgIpc) is 2.47. The van der Waals surface area contributed by atoms with Crippen molar-refractivity contribution in [3.8, 4) is 0 Å². The number of thioether (sulfide) groups is 1. The van der Waals surface area contributed by atoms with E-state index in [4.69, 9.17) is 0 Å². The molecule has 0 N–H and O–H groups in total. The second kappa shape index (κ2) is 5.66. The van der Waals surface area contributed by atoms with Gasteiger partial charge in [-0.05, 0) is 24.5 Å². The maximum absolute atomic E-state index is 4.54. The third-order valence-corrected chi connectivity index (χ3v) is 4.11. The molecule has 0 spiro atoms. The average molecular weight is 287 g/mol. The zero-order valence-corrected chi connectivity index (χ0v) is 12.4. The Labute approximate surface area is 123 Å². The molecule has 1 aliphatic heterocycles. The lowest BCUT2D eigenvalue weighted by Crippen LogP contribution is -2.59. The van der Waals surface area contributed by atoms with Gasteiger partial charge in [-0.15, -0.1) is 0 Å². The summed E-state index contributed by atoms with van der Waals surface area (Å²) in [6.07, 6.45) is 5.65.